The molecule has 1 aromatic rings. The number of halogens is 3. The van der Waals surface area contributed by atoms with Crippen LogP contribution < -0.4 is 10.0 Å². The van der Waals surface area contributed by atoms with Crippen molar-refractivity contribution in [1.82, 2.24) is 19.8 Å². The molecule has 0 atom stereocenters. The molecule has 0 aliphatic carbocycles. The van der Waals surface area contributed by atoms with E-state index in [4.69, 9.17) is 11.6 Å². The van der Waals surface area contributed by atoms with Crippen LogP contribution in [0, 0.1) is 5.82 Å². The van der Waals surface area contributed by atoms with Crippen LogP contribution in [0.1, 0.15) is 5.56 Å². The van der Waals surface area contributed by atoms with Crippen molar-refractivity contribution in [2.75, 3.05) is 52.6 Å². The Morgan fingerprint density at radius 2 is 1.93 bits per heavy atom. The lowest BCUT2D eigenvalue weighted by atomic mass is 10.2. The molecule has 154 valence electrons. The molecule has 1 aliphatic rings. The monoisotopic (exact) mass is 533 g/mol. The number of piperazine rings is 1. The van der Waals surface area contributed by atoms with E-state index in [2.05, 4.69) is 24.8 Å². The lowest BCUT2D eigenvalue weighted by Gasteiger charge is -2.36. The molecule has 0 spiro atoms. The van der Waals surface area contributed by atoms with Gasteiger partial charge in [0.05, 0.1) is 6.26 Å². The number of sulfonamides is 1. The van der Waals surface area contributed by atoms with Gasteiger partial charge in [-0.2, -0.15) is 0 Å². The van der Waals surface area contributed by atoms with Crippen molar-refractivity contribution in [1.29, 1.82) is 0 Å². The van der Waals surface area contributed by atoms with E-state index >= 15 is 0 Å². The second-order valence-electron chi connectivity index (χ2n) is 6.10. The Kier molecular flexibility index (Phi) is 10.2. The first kappa shape index (κ1) is 24.3. The van der Waals surface area contributed by atoms with Crippen LogP contribution in [0.25, 0.3) is 0 Å². The zero-order valence-corrected chi connectivity index (χ0v) is 19.3. The number of benzene rings is 1. The van der Waals surface area contributed by atoms with Crippen LogP contribution in [0.5, 0.6) is 0 Å². The summed E-state index contributed by atoms with van der Waals surface area (Å²) in [4.78, 5) is 8.49. The topological polar surface area (TPSA) is 77.0 Å². The van der Waals surface area contributed by atoms with Gasteiger partial charge in [-0.05, 0) is 12.1 Å². The van der Waals surface area contributed by atoms with Crippen LogP contribution in [0.4, 0.5) is 4.39 Å². The zero-order chi connectivity index (χ0) is 19.2. The first-order valence-corrected chi connectivity index (χ1v) is 10.6. The van der Waals surface area contributed by atoms with Crippen molar-refractivity contribution < 1.29 is 12.8 Å². The van der Waals surface area contributed by atoms with Crippen molar-refractivity contribution in [3.63, 3.8) is 0 Å². The summed E-state index contributed by atoms with van der Waals surface area (Å²) >= 11 is 6.10. The van der Waals surface area contributed by atoms with Gasteiger partial charge in [-0.3, -0.25) is 9.89 Å². The van der Waals surface area contributed by atoms with Gasteiger partial charge in [-0.25, -0.2) is 17.5 Å². The van der Waals surface area contributed by atoms with E-state index in [1.165, 1.54) is 6.07 Å². The van der Waals surface area contributed by atoms with Crippen molar-refractivity contribution >= 4 is 51.6 Å². The summed E-state index contributed by atoms with van der Waals surface area (Å²) in [5, 5.41) is 3.59. The fraction of sp³-hybridized carbons (Fsp3) is 0.562. The molecule has 0 saturated carbocycles. The van der Waals surface area contributed by atoms with E-state index in [-0.39, 0.29) is 29.8 Å². The molecule has 1 heterocycles. The Morgan fingerprint density at radius 1 is 1.26 bits per heavy atom. The van der Waals surface area contributed by atoms with Gasteiger partial charge < -0.3 is 10.2 Å². The average molecular weight is 534 g/mol. The molecule has 1 fully saturated rings. The number of rotatable bonds is 6. The molecule has 1 aromatic carbocycles. The highest BCUT2D eigenvalue weighted by atomic mass is 127. The molecule has 1 aliphatic heterocycles. The maximum Gasteiger partial charge on any atom is 0.208 e. The molecule has 0 bridgehead atoms. The van der Waals surface area contributed by atoms with E-state index in [1.807, 2.05) is 0 Å². The van der Waals surface area contributed by atoms with Gasteiger partial charge in [-0.15, -0.1) is 24.0 Å². The molecular weight excluding hydrogens is 508 g/mol. The minimum absolute atomic E-state index is 0. The third-order valence-electron chi connectivity index (χ3n) is 4.10. The van der Waals surface area contributed by atoms with E-state index in [0.29, 0.717) is 30.2 Å². The molecule has 0 amide bonds. The Bertz CT molecular complexity index is 722. The molecule has 0 radical (unpaired) electrons. The standard InChI is InChI=1S/C16H25ClFN5O2S.HI/c1-19-16(20-6-7-21-26(2,24)25)23-10-8-22(9-11-23)12-13-14(17)4-3-5-15(13)18;/h3-5,21H,6-12H2,1-2H3,(H,19,20);1H. The molecule has 2 N–H and O–H groups in total. The maximum absolute atomic E-state index is 13.9. The summed E-state index contributed by atoms with van der Waals surface area (Å²) in [5.74, 6) is 0.444. The number of hydrogen-bond acceptors (Lipinski definition) is 4. The van der Waals surface area contributed by atoms with Gasteiger partial charge in [-0.1, -0.05) is 17.7 Å². The minimum Gasteiger partial charge on any atom is -0.355 e. The Balaban J connectivity index is 0.00000364. The second kappa shape index (κ2) is 11.3. The zero-order valence-electron chi connectivity index (χ0n) is 15.4. The average Bonchev–Trinajstić information content (AvgIpc) is 2.58. The van der Waals surface area contributed by atoms with Gasteiger partial charge in [0.2, 0.25) is 10.0 Å². The Labute approximate surface area is 182 Å². The number of nitrogens with one attached hydrogen (secondary N) is 2. The second-order valence-corrected chi connectivity index (χ2v) is 8.34. The predicted molar refractivity (Wildman–Crippen MR) is 118 cm³/mol. The molecule has 0 unspecified atom stereocenters. The Hall–Kier alpha value is -0.690. The highest BCUT2D eigenvalue weighted by Gasteiger charge is 2.21. The van der Waals surface area contributed by atoms with E-state index < -0.39 is 10.0 Å². The molecular formula is C16H26ClFIN5O2S. The molecule has 7 nitrogen and oxygen atoms in total. The Morgan fingerprint density at radius 3 is 2.48 bits per heavy atom. The molecule has 27 heavy (non-hydrogen) atoms. The fourth-order valence-electron chi connectivity index (χ4n) is 2.77. The molecule has 11 heteroatoms. The van der Waals surface area contributed by atoms with Crippen LogP contribution in [-0.2, 0) is 16.6 Å². The summed E-state index contributed by atoms with van der Waals surface area (Å²) in [7, 11) is -1.50. The first-order chi connectivity index (χ1) is 12.3. The number of hydrogen-bond donors (Lipinski definition) is 2. The van der Waals surface area contributed by atoms with Crippen molar-refractivity contribution in [3.8, 4) is 0 Å². The lowest BCUT2D eigenvalue weighted by molar-refractivity contribution is 0.171. The van der Waals surface area contributed by atoms with E-state index in [9.17, 15) is 12.8 Å². The van der Waals surface area contributed by atoms with Crippen molar-refractivity contribution in [2.45, 2.75) is 6.54 Å². The van der Waals surface area contributed by atoms with Gasteiger partial charge in [0.25, 0.3) is 0 Å². The molecule has 2 rings (SSSR count). The van der Waals surface area contributed by atoms with Crippen LogP contribution >= 0.6 is 35.6 Å². The van der Waals surface area contributed by atoms with Crippen LogP contribution in [0.15, 0.2) is 23.2 Å². The normalized spacial score (nSPS) is 16.1. The summed E-state index contributed by atoms with van der Waals surface area (Å²) in [6.07, 6.45) is 1.13. The lowest BCUT2D eigenvalue weighted by Crippen LogP contribution is -2.53. The predicted octanol–water partition coefficient (Wildman–Crippen LogP) is 1.34. The van der Waals surface area contributed by atoms with E-state index in [0.717, 1.165) is 38.4 Å². The SMILES string of the molecule is CN=C(NCCNS(C)(=O)=O)N1CCN(Cc2c(F)cccc2Cl)CC1.I. The summed E-state index contributed by atoms with van der Waals surface area (Å²) in [6, 6.07) is 4.73. The maximum atomic E-state index is 13.9. The first-order valence-electron chi connectivity index (χ1n) is 8.35. The van der Waals surface area contributed by atoms with Crippen LogP contribution in [0.2, 0.25) is 5.02 Å². The number of nitrogens with zero attached hydrogens (tertiary/aromatic N) is 3. The smallest absolute Gasteiger partial charge is 0.208 e. The number of aliphatic imine (C=N–C) groups is 1. The van der Waals surface area contributed by atoms with Gasteiger partial charge in [0.1, 0.15) is 5.82 Å². The summed E-state index contributed by atoms with van der Waals surface area (Å²) in [5.41, 5.74) is 0.525. The van der Waals surface area contributed by atoms with Crippen LogP contribution in [-0.4, -0.2) is 76.7 Å². The fourth-order valence-corrected chi connectivity index (χ4v) is 3.46. The molecule has 1 saturated heterocycles. The van der Waals surface area contributed by atoms with Crippen molar-refractivity contribution in [2.24, 2.45) is 4.99 Å². The highest BCUT2D eigenvalue weighted by Crippen LogP contribution is 2.21. The van der Waals surface area contributed by atoms with Gasteiger partial charge >= 0.3 is 0 Å². The summed E-state index contributed by atoms with van der Waals surface area (Å²) in [6.45, 7) is 4.22. The molecule has 0 aromatic heterocycles. The van der Waals surface area contributed by atoms with E-state index in [1.54, 1.807) is 19.2 Å². The van der Waals surface area contributed by atoms with Gasteiger partial charge in [0, 0.05) is 63.4 Å². The highest BCUT2D eigenvalue weighted by molar-refractivity contribution is 14.0. The van der Waals surface area contributed by atoms with Crippen LogP contribution in [0.3, 0.4) is 0 Å². The third kappa shape index (κ3) is 8.06. The quantitative estimate of drug-likeness (QED) is 0.250. The minimum atomic E-state index is -3.19. The van der Waals surface area contributed by atoms with Crippen molar-refractivity contribution in [3.05, 3.63) is 34.6 Å². The third-order valence-corrected chi connectivity index (χ3v) is 5.18. The summed E-state index contributed by atoms with van der Waals surface area (Å²) < 4.78 is 38.5. The largest absolute Gasteiger partial charge is 0.355 e. The number of guanidine groups is 1. The van der Waals surface area contributed by atoms with Gasteiger partial charge in [0.15, 0.2) is 5.96 Å².